The molecule has 5 nitrogen and oxygen atoms in total. The highest BCUT2D eigenvalue weighted by Crippen LogP contribution is 2.12. The van der Waals surface area contributed by atoms with Gasteiger partial charge in [-0.15, -0.1) is 0 Å². The summed E-state index contributed by atoms with van der Waals surface area (Å²) >= 11 is 0. The van der Waals surface area contributed by atoms with Crippen molar-refractivity contribution in [1.82, 2.24) is 4.90 Å². The van der Waals surface area contributed by atoms with Crippen LogP contribution in [0.5, 0.6) is 5.75 Å². The largest absolute Gasteiger partial charge is 0.508 e. The van der Waals surface area contributed by atoms with Crippen molar-refractivity contribution in [3.8, 4) is 5.75 Å². The van der Waals surface area contributed by atoms with Gasteiger partial charge in [0.05, 0.1) is 13.0 Å². The zero-order chi connectivity index (χ0) is 15.0. The predicted octanol–water partition coefficient (Wildman–Crippen LogP) is 1.74. The third kappa shape index (κ3) is 5.30. The molecule has 0 heterocycles. The number of carbonyl (C=O) groups is 2. The number of esters is 1. The highest BCUT2D eigenvalue weighted by molar-refractivity contribution is 5.83. The lowest BCUT2D eigenvalue weighted by atomic mass is 10.1. The first-order chi connectivity index (χ1) is 9.56. The van der Waals surface area contributed by atoms with Crippen LogP contribution in [-0.2, 0) is 20.7 Å². The molecule has 1 N–H and O–H groups in total. The van der Waals surface area contributed by atoms with E-state index in [1.165, 1.54) is 4.90 Å². The second-order valence-electron chi connectivity index (χ2n) is 4.47. The molecule has 1 aromatic carbocycles. The van der Waals surface area contributed by atoms with E-state index in [0.717, 1.165) is 12.0 Å². The van der Waals surface area contributed by atoms with E-state index < -0.39 is 5.97 Å². The summed E-state index contributed by atoms with van der Waals surface area (Å²) in [6.07, 6.45) is 0.930. The molecule has 5 heteroatoms. The van der Waals surface area contributed by atoms with E-state index in [4.69, 9.17) is 4.74 Å². The molecule has 0 aliphatic carbocycles. The topological polar surface area (TPSA) is 66.8 Å². The van der Waals surface area contributed by atoms with Crippen LogP contribution in [0, 0.1) is 0 Å². The van der Waals surface area contributed by atoms with Crippen molar-refractivity contribution in [3.63, 3.8) is 0 Å². The molecule has 0 fully saturated rings. The van der Waals surface area contributed by atoms with Gasteiger partial charge in [-0.3, -0.25) is 9.59 Å². The Bertz CT molecular complexity index is 459. The van der Waals surface area contributed by atoms with Crippen molar-refractivity contribution in [3.05, 3.63) is 29.8 Å². The van der Waals surface area contributed by atoms with E-state index >= 15 is 0 Å². The van der Waals surface area contributed by atoms with Gasteiger partial charge >= 0.3 is 5.97 Å². The fourth-order valence-electron chi connectivity index (χ4n) is 1.88. The van der Waals surface area contributed by atoms with Crippen LogP contribution < -0.4 is 0 Å². The number of phenols is 1. The second-order valence-corrected chi connectivity index (χ2v) is 4.47. The Balaban J connectivity index is 2.66. The smallest absolute Gasteiger partial charge is 0.325 e. The Morgan fingerprint density at radius 2 is 2.05 bits per heavy atom. The Kier molecular flexibility index (Phi) is 6.56. The molecule has 0 spiro atoms. The zero-order valence-electron chi connectivity index (χ0n) is 12.0. The first-order valence-electron chi connectivity index (χ1n) is 6.78. The number of amides is 1. The SMILES string of the molecule is CCCN(CC(=O)OCC)C(=O)Cc1cccc(O)c1. The third-order valence-electron chi connectivity index (χ3n) is 2.74. The van der Waals surface area contributed by atoms with Crippen LogP contribution in [0.3, 0.4) is 0 Å². The number of benzene rings is 1. The fraction of sp³-hybridized carbons (Fsp3) is 0.467. The highest BCUT2D eigenvalue weighted by Gasteiger charge is 2.17. The Morgan fingerprint density at radius 1 is 1.30 bits per heavy atom. The van der Waals surface area contributed by atoms with E-state index in [1.807, 2.05) is 6.92 Å². The maximum absolute atomic E-state index is 12.2. The molecule has 1 rings (SSSR count). The fourth-order valence-corrected chi connectivity index (χ4v) is 1.88. The predicted molar refractivity (Wildman–Crippen MR) is 75.3 cm³/mol. The molecular weight excluding hydrogens is 258 g/mol. The normalized spacial score (nSPS) is 10.1. The first-order valence-corrected chi connectivity index (χ1v) is 6.78. The van der Waals surface area contributed by atoms with Crippen molar-refractivity contribution in [2.24, 2.45) is 0 Å². The van der Waals surface area contributed by atoms with Gasteiger partial charge in [-0.25, -0.2) is 0 Å². The lowest BCUT2D eigenvalue weighted by Crippen LogP contribution is -2.38. The van der Waals surface area contributed by atoms with Crippen molar-refractivity contribution in [1.29, 1.82) is 0 Å². The summed E-state index contributed by atoms with van der Waals surface area (Å²) in [4.78, 5) is 25.2. The van der Waals surface area contributed by atoms with E-state index in [9.17, 15) is 14.7 Å². The molecule has 1 aromatic rings. The molecule has 0 bridgehead atoms. The minimum absolute atomic E-state index is 0.0284. The molecule has 110 valence electrons. The Hall–Kier alpha value is -2.04. The molecule has 0 radical (unpaired) electrons. The number of rotatable bonds is 7. The van der Waals surface area contributed by atoms with Gasteiger partial charge in [-0.1, -0.05) is 19.1 Å². The van der Waals surface area contributed by atoms with Gasteiger partial charge in [0, 0.05) is 6.54 Å². The molecule has 0 unspecified atom stereocenters. The molecule has 0 atom stereocenters. The molecule has 1 amide bonds. The summed E-state index contributed by atoms with van der Waals surface area (Å²) in [5, 5.41) is 9.38. The van der Waals surface area contributed by atoms with Crippen molar-refractivity contribution in [2.45, 2.75) is 26.7 Å². The van der Waals surface area contributed by atoms with Crippen molar-refractivity contribution in [2.75, 3.05) is 19.7 Å². The van der Waals surface area contributed by atoms with Crippen LogP contribution in [-0.4, -0.2) is 41.6 Å². The number of nitrogens with zero attached hydrogens (tertiary/aromatic N) is 1. The average molecular weight is 279 g/mol. The summed E-state index contributed by atoms with van der Waals surface area (Å²) in [6, 6.07) is 6.56. The zero-order valence-corrected chi connectivity index (χ0v) is 12.0. The minimum atomic E-state index is -0.398. The maximum Gasteiger partial charge on any atom is 0.325 e. The number of phenolic OH excluding ortho intramolecular Hbond substituents is 1. The standard InChI is InChI=1S/C15H21NO4/c1-3-8-16(11-15(19)20-4-2)14(18)10-12-6-5-7-13(17)9-12/h5-7,9,17H,3-4,8,10-11H2,1-2H3. The molecule has 20 heavy (non-hydrogen) atoms. The van der Waals surface area contributed by atoms with Crippen molar-refractivity contribution < 1.29 is 19.4 Å². The molecule has 0 aromatic heterocycles. The van der Waals surface area contributed by atoms with Gasteiger partial charge in [0.25, 0.3) is 0 Å². The first kappa shape index (κ1) is 16.0. The number of ether oxygens (including phenoxy) is 1. The van der Waals surface area contributed by atoms with E-state index in [0.29, 0.717) is 13.2 Å². The van der Waals surface area contributed by atoms with Gasteiger partial charge < -0.3 is 14.7 Å². The lowest BCUT2D eigenvalue weighted by Gasteiger charge is -2.21. The van der Waals surface area contributed by atoms with Crippen LogP contribution >= 0.6 is 0 Å². The van der Waals surface area contributed by atoms with E-state index in [-0.39, 0.29) is 24.6 Å². The van der Waals surface area contributed by atoms with Crippen LogP contribution in [0.2, 0.25) is 0 Å². The summed E-state index contributed by atoms with van der Waals surface area (Å²) in [6.45, 7) is 4.46. The minimum Gasteiger partial charge on any atom is -0.508 e. The summed E-state index contributed by atoms with van der Waals surface area (Å²) < 4.78 is 4.87. The van der Waals surface area contributed by atoms with Gasteiger partial charge in [-0.05, 0) is 31.0 Å². The third-order valence-corrected chi connectivity index (χ3v) is 2.74. The van der Waals surface area contributed by atoms with E-state index in [2.05, 4.69) is 0 Å². The average Bonchev–Trinajstić information content (AvgIpc) is 2.38. The van der Waals surface area contributed by atoms with Gasteiger partial charge in [0.2, 0.25) is 5.91 Å². The van der Waals surface area contributed by atoms with E-state index in [1.54, 1.807) is 31.2 Å². The molecular formula is C15H21NO4. The maximum atomic E-state index is 12.2. The number of hydrogen-bond acceptors (Lipinski definition) is 4. The van der Waals surface area contributed by atoms with Gasteiger partial charge in [0.15, 0.2) is 0 Å². The lowest BCUT2D eigenvalue weighted by molar-refractivity contribution is -0.148. The number of carbonyl (C=O) groups excluding carboxylic acids is 2. The molecule has 0 aliphatic rings. The summed E-state index contributed by atoms with van der Waals surface area (Å²) in [5.74, 6) is -0.418. The highest BCUT2D eigenvalue weighted by atomic mass is 16.5. The van der Waals surface area contributed by atoms with Gasteiger partial charge in [-0.2, -0.15) is 0 Å². The Morgan fingerprint density at radius 3 is 2.65 bits per heavy atom. The summed E-state index contributed by atoms with van der Waals surface area (Å²) in [7, 11) is 0. The Labute approximate surface area is 119 Å². The molecule has 0 saturated carbocycles. The van der Waals surface area contributed by atoms with Crippen molar-refractivity contribution >= 4 is 11.9 Å². The number of hydrogen-bond donors (Lipinski definition) is 1. The quantitative estimate of drug-likeness (QED) is 0.772. The molecule has 0 saturated heterocycles. The molecule has 0 aliphatic heterocycles. The summed E-state index contributed by atoms with van der Waals surface area (Å²) in [5.41, 5.74) is 0.722. The van der Waals surface area contributed by atoms with Crippen LogP contribution in [0.4, 0.5) is 0 Å². The second kappa shape index (κ2) is 8.19. The van der Waals surface area contributed by atoms with Crippen LogP contribution in [0.15, 0.2) is 24.3 Å². The monoisotopic (exact) mass is 279 g/mol. The van der Waals surface area contributed by atoms with Crippen LogP contribution in [0.1, 0.15) is 25.8 Å². The van der Waals surface area contributed by atoms with Gasteiger partial charge in [0.1, 0.15) is 12.3 Å². The van der Waals surface area contributed by atoms with Crippen LogP contribution in [0.25, 0.3) is 0 Å². The number of aromatic hydroxyl groups is 1.